The molecule has 2 fully saturated rings. The fourth-order valence-corrected chi connectivity index (χ4v) is 6.27. The third-order valence-corrected chi connectivity index (χ3v) is 7.36. The van der Waals surface area contributed by atoms with Gasteiger partial charge < -0.3 is 10.1 Å². The van der Waals surface area contributed by atoms with Crippen molar-refractivity contribution in [1.82, 2.24) is 5.32 Å². The summed E-state index contributed by atoms with van der Waals surface area (Å²) >= 11 is 4.10. The van der Waals surface area contributed by atoms with Crippen LogP contribution in [0.2, 0.25) is 0 Å². The number of ether oxygens (including phenoxy) is 1. The van der Waals surface area contributed by atoms with Crippen LogP contribution >= 0.6 is 23.5 Å². The minimum absolute atomic E-state index is 0.0251. The van der Waals surface area contributed by atoms with Gasteiger partial charge in [0.15, 0.2) is 0 Å². The lowest BCUT2D eigenvalue weighted by molar-refractivity contribution is 0.0938. The molecule has 0 spiro atoms. The Kier molecular flexibility index (Phi) is 5.37. The molecule has 22 heavy (non-hydrogen) atoms. The van der Waals surface area contributed by atoms with Crippen LogP contribution in [0.15, 0.2) is 36.9 Å². The molecule has 1 aliphatic heterocycles. The lowest BCUT2D eigenvalue weighted by Gasteiger charge is -2.28. The van der Waals surface area contributed by atoms with E-state index in [9.17, 15) is 4.79 Å². The van der Waals surface area contributed by atoms with Gasteiger partial charge in [0.2, 0.25) is 0 Å². The van der Waals surface area contributed by atoms with Crippen LogP contribution in [0.5, 0.6) is 5.75 Å². The molecular formula is C17H21NO2S2. The Morgan fingerprint density at radius 2 is 2.05 bits per heavy atom. The van der Waals surface area contributed by atoms with Crippen molar-refractivity contribution in [2.24, 2.45) is 0 Å². The van der Waals surface area contributed by atoms with E-state index in [1.165, 1.54) is 17.9 Å². The second-order valence-corrected chi connectivity index (χ2v) is 8.16. The molecule has 5 heteroatoms. The molecule has 1 heterocycles. The first kappa shape index (κ1) is 15.8. The normalized spacial score (nSPS) is 27.0. The fourth-order valence-electron chi connectivity index (χ4n) is 2.98. The van der Waals surface area contributed by atoms with Crippen LogP contribution in [0.25, 0.3) is 0 Å². The topological polar surface area (TPSA) is 38.3 Å². The summed E-state index contributed by atoms with van der Waals surface area (Å²) in [4.78, 5) is 12.4. The van der Waals surface area contributed by atoms with Crippen molar-refractivity contribution in [3.05, 3.63) is 42.5 Å². The van der Waals surface area contributed by atoms with E-state index < -0.39 is 0 Å². The van der Waals surface area contributed by atoms with Gasteiger partial charge >= 0.3 is 0 Å². The van der Waals surface area contributed by atoms with Gasteiger partial charge in [0, 0.05) is 33.6 Å². The zero-order valence-corrected chi connectivity index (χ0v) is 14.1. The standard InChI is InChI=1S/C17H21NO2S2/c1-2-9-20-13-5-3-12(4-6-13)17(19)18-14-7-8-15-16(14)22-11-10-21-15/h2-6,14-16H,1,7-11H2,(H,18,19)/t14-,15+,16+/m1/s1. The van der Waals surface area contributed by atoms with Crippen LogP contribution in [-0.4, -0.2) is 40.6 Å². The van der Waals surface area contributed by atoms with Crippen molar-refractivity contribution in [3.8, 4) is 5.75 Å². The average molecular weight is 335 g/mol. The minimum atomic E-state index is 0.0251. The minimum Gasteiger partial charge on any atom is -0.490 e. The van der Waals surface area contributed by atoms with E-state index in [1.54, 1.807) is 6.08 Å². The predicted molar refractivity (Wildman–Crippen MR) is 95.1 cm³/mol. The highest BCUT2D eigenvalue weighted by atomic mass is 32.2. The molecular weight excluding hydrogens is 314 g/mol. The summed E-state index contributed by atoms with van der Waals surface area (Å²) in [6.07, 6.45) is 4.03. The number of amides is 1. The smallest absolute Gasteiger partial charge is 0.251 e. The monoisotopic (exact) mass is 335 g/mol. The molecule has 1 aliphatic carbocycles. The average Bonchev–Trinajstić information content (AvgIpc) is 2.96. The number of hydrogen-bond acceptors (Lipinski definition) is 4. The van der Waals surface area contributed by atoms with E-state index in [0.717, 1.165) is 17.4 Å². The van der Waals surface area contributed by atoms with Crippen LogP contribution in [-0.2, 0) is 0 Å². The van der Waals surface area contributed by atoms with Crippen LogP contribution in [0.4, 0.5) is 0 Å². The number of benzene rings is 1. The molecule has 3 nitrogen and oxygen atoms in total. The highest BCUT2D eigenvalue weighted by Crippen LogP contribution is 2.42. The van der Waals surface area contributed by atoms with Crippen LogP contribution < -0.4 is 10.1 Å². The van der Waals surface area contributed by atoms with Crippen LogP contribution in [0, 0.1) is 0 Å². The number of hydrogen-bond donors (Lipinski definition) is 1. The second-order valence-electron chi connectivity index (χ2n) is 5.53. The number of carbonyl (C=O) groups is 1. The summed E-state index contributed by atoms with van der Waals surface area (Å²) in [5, 5.41) is 4.53. The summed E-state index contributed by atoms with van der Waals surface area (Å²) in [6, 6.07) is 7.63. The Bertz CT molecular complexity index is 532. The molecule has 118 valence electrons. The maximum atomic E-state index is 12.4. The van der Waals surface area contributed by atoms with Crippen LogP contribution in [0.3, 0.4) is 0 Å². The third-order valence-electron chi connectivity index (χ3n) is 4.05. The van der Waals surface area contributed by atoms with E-state index >= 15 is 0 Å². The number of rotatable bonds is 5. The summed E-state index contributed by atoms with van der Waals surface area (Å²) in [7, 11) is 0. The Balaban J connectivity index is 1.58. The molecule has 1 saturated heterocycles. The number of nitrogens with one attached hydrogen (secondary N) is 1. The lowest BCUT2D eigenvalue weighted by Crippen LogP contribution is -2.42. The fraction of sp³-hybridized carbons (Fsp3) is 0.471. The van der Waals surface area contributed by atoms with Crippen molar-refractivity contribution in [2.75, 3.05) is 18.1 Å². The van der Waals surface area contributed by atoms with Gasteiger partial charge in [0.1, 0.15) is 12.4 Å². The first-order valence-corrected chi connectivity index (χ1v) is 9.75. The first-order chi connectivity index (χ1) is 10.8. The molecule has 0 bridgehead atoms. The molecule has 1 aromatic carbocycles. The van der Waals surface area contributed by atoms with Crippen molar-refractivity contribution in [3.63, 3.8) is 0 Å². The molecule has 0 aromatic heterocycles. The maximum absolute atomic E-state index is 12.4. The van der Waals surface area contributed by atoms with Crippen LogP contribution in [0.1, 0.15) is 23.2 Å². The van der Waals surface area contributed by atoms with Gasteiger partial charge in [-0.15, -0.1) is 0 Å². The van der Waals surface area contributed by atoms with Crippen molar-refractivity contribution >= 4 is 29.4 Å². The zero-order valence-electron chi connectivity index (χ0n) is 12.5. The van der Waals surface area contributed by atoms with E-state index in [4.69, 9.17) is 4.74 Å². The van der Waals surface area contributed by atoms with Gasteiger partial charge in [-0.05, 0) is 37.1 Å². The molecule has 3 atom stereocenters. The second kappa shape index (κ2) is 7.47. The summed E-state index contributed by atoms with van der Waals surface area (Å²) in [5.74, 6) is 3.24. The zero-order chi connectivity index (χ0) is 15.4. The Morgan fingerprint density at radius 3 is 2.82 bits per heavy atom. The maximum Gasteiger partial charge on any atom is 0.251 e. The summed E-state index contributed by atoms with van der Waals surface area (Å²) in [6.45, 7) is 4.10. The Hall–Kier alpha value is -1.07. The number of fused-ring (bicyclic) bond motifs is 1. The molecule has 2 aliphatic rings. The SMILES string of the molecule is C=CCOc1ccc(C(=O)N[C@@H]2CC[C@@H]3SCCS[C@H]32)cc1. The third kappa shape index (κ3) is 3.63. The van der Waals surface area contributed by atoms with Gasteiger partial charge in [-0.3, -0.25) is 4.79 Å². The van der Waals surface area contributed by atoms with E-state index in [2.05, 4.69) is 23.7 Å². The van der Waals surface area contributed by atoms with Crippen molar-refractivity contribution in [1.29, 1.82) is 0 Å². The number of carbonyl (C=O) groups excluding carboxylic acids is 1. The largest absolute Gasteiger partial charge is 0.490 e. The molecule has 0 unspecified atom stereocenters. The molecule has 0 radical (unpaired) electrons. The van der Waals surface area contributed by atoms with Crippen molar-refractivity contribution in [2.45, 2.75) is 29.4 Å². The summed E-state index contributed by atoms with van der Waals surface area (Å²) < 4.78 is 5.44. The highest BCUT2D eigenvalue weighted by molar-refractivity contribution is 8.07. The molecule has 3 rings (SSSR count). The van der Waals surface area contributed by atoms with Gasteiger partial charge in [-0.2, -0.15) is 23.5 Å². The van der Waals surface area contributed by atoms with Crippen molar-refractivity contribution < 1.29 is 9.53 Å². The van der Waals surface area contributed by atoms with E-state index in [-0.39, 0.29) is 5.91 Å². The van der Waals surface area contributed by atoms with E-state index in [0.29, 0.717) is 23.5 Å². The Morgan fingerprint density at radius 1 is 1.27 bits per heavy atom. The predicted octanol–water partition coefficient (Wildman–Crippen LogP) is 3.36. The van der Waals surface area contributed by atoms with Gasteiger partial charge in [-0.25, -0.2) is 0 Å². The van der Waals surface area contributed by atoms with Gasteiger partial charge in [-0.1, -0.05) is 12.7 Å². The highest BCUT2D eigenvalue weighted by Gasteiger charge is 2.39. The number of thioether (sulfide) groups is 2. The quantitative estimate of drug-likeness (QED) is 0.838. The van der Waals surface area contributed by atoms with Gasteiger partial charge in [0.25, 0.3) is 5.91 Å². The summed E-state index contributed by atoms with van der Waals surface area (Å²) in [5.41, 5.74) is 0.697. The molecule has 1 N–H and O–H groups in total. The first-order valence-electron chi connectivity index (χ1n) is 7.66. The lowest BCUT2D eigenvalue weighted by atomic mass is 10.1. The molecule has 1 saturated carbocycles. The molecule has 1 aromatic rings. The molecule has 1 amide bonds. The van der Waals surface area contributed by atoms with Gasteiger partial charge in [0.05, 0.1) is 0 Å². The van der Waals surface area contributed by atoms with E-state index in [1.807, 2.05) is 36.0 Å². The Labute approximate surface area is 140 Å².